The van der Waals surface area contributed by atoms with E-state index in [4.69, 9.17) is 24.2 Å². The van der Waals surface area contributed by atoms with Crippen molar-refractivity contribution in [1.82, 2.24) is 10.2 Å². The fourth-order valence-electron chi connectivity index (χ4n) is 5.05. The van der Waals surface area contributed by atoms with Gasteiger partial charge in [-0.2, -0.15) is 0 Å². The molecule has 0 radical (unpaired) electrons. The summed E-state index contributed by atoms with van der Waals surface area (Å²) < 4.78 is 16.0. The number of fused-ring (bicyclic) bond motifs is 4. The van der Waals surface area contributed by atoms with E-state index in [1.54, 1.807) is 31.4 Å². The minimum absolute atomic E-state index is 0.118. The third-order valence-electron chi connectivity index (χ3n) is 7.37. The molecule has 12 heteroatoms. The number of aliphatic imine (C=N–C) groups is 2. The number of para-hydroxylation sites is 1. The van der Waals surface area contributed by atoms with E-state index in [-0.39, 0.29) is 37.4 Å². The van der Waals surface area contributed by atoms with Crippen LogP contribution in [0.25, 0.3) is 0 Å². The lowest BCUT2D eigenvalue weighted by atomic mass is 10.1. The number of benzene rings is 3. The number of amidine groups is 2. The highest BCUT2D eigenvalue weighted by Gasteiger charge is 2.42. The molecule has 0 spiro atoms. The minimum atomic E-state index is -0.746. The fraction of sp³-hybridized carbons (Fsp3) is 0.281. The van der Waals surface area contributed by atoms with Crippen LogP contribution in [0.4, 0.5) is 11.4 Å². The molecular formula is C32H31N5O6S. The number of thioether (sulfide) groups is 1. The average molecular weight is 614 g/mol. The van der Waals surface area contributed by atoms with Crippen molar-refractivity contribution in [1.29, 1.82) is 0 Å². The molecule has 0 saturated carbocycles. The van der Waals surface area contributed by atoms with E-state index in [0.717, 1.165) is 11.1 Å². The molecule has 3 amide bonds. The van der Waals surface area contributed by atoms with E-state index in [9.17, 15) is 14.4 Å². The molecule has 3 aromatic rings. The van der Waals surface area contributed by atoms with Gasteiger partial charge >= 0.3 is 0 Å². The zero-order valence-electron chi connectivity index (χ0n) is 24.2. The summed E-state index contributed by atoms with van der Waals surface area (Å²) in [6, 6.07) is 19.4. The van der Waals surface area contributed by atoms with Gasteiger partial charge < -0.3 is 24.8 Å². The lowest BCUT2D eigenvalue weighted by Crippen LogP contribution is -2.42. The molecule has 3 aliphatic heterocycles. The van der Waals surface area contributed by atoms with Gasteiger partial charge in [0.2, 0.25) is 18.6 Å². The molecule has 6 rings (SSSR count). The molecule has 0 unspecified atom stereocenters. The van der Waals surface area contributed by atoms with Crippen LogP contribution in [-0.2, 0) is 20.9 Å². The second-order valence-corrected chi connectivity index (χ2v) is 11.5. The minimum Gasteiger partial charge on any atom is -0.497 e. The number of ether oxygens (including phenoxy) is 3. The van der Waals surface area contributed by atoms with Crippen molar-refractivity contribution < 1.29 is 28.6 Å². The standard InChI is InChI=1S/C32H31N5O6S/c1-3-27(30(39)34-20-7-6-8-21(16-20)41-2)44-32-36-23-10-5-4-9-22(23)29-35-24(31(40)37(29)32)12-14-28(38)33-17-19-11-13-25-26(15-19)43-18-42-25/h4-11,13,15-16,24,27H,3,12,14,17-18H2,1-2H3,(H,33,38)(H,34,39)/t24-,27-/m0/s1. The predicted octanol–water partition coefficient (Wildman–Crippen LogP) is 4.63. The van der Waals surface area contributed by atoms with Gasteiger partial charge in [-0.3, -0.25) is 19.4 Å². The van der Waals surface area contributed by atoms with E-state index < -0.39 is 11.3 Å². The Balaban J connectivity index is 1.13. The van der Waals surface area contributed by atoms with Crippen molar-refractivity contribution in [3.63, 3.8) is 0 Å². The van der Waals surface area contributed by atoms with E-state index in [1.807, 2.05) is 49.4 Å². The largest absolute Gasteiger partial charge is 0.497 e. The number of hydrogen-bond donors (Lipinski definition) is 2. The monoisotopic (exact) mass is 613 g/mol. The highest BCUT2D eigenvalue weighted by Crippen LogP contribution is 2.36. The second-order valence-electron chi connectivity index (χ2n) is 10.3. The van der Waals surface area contributed by atoms with E-state index >= 15 is 0 Å². The van der Waals surface area contributed by atoms with Crippen LogP contribution in [0.15, 0.2) is 76.7 Å². The number of nitrogens with zero attached hydrogens (tertiary/aromatic N) is 3. The summed E-state index contributed by atoms with van der Waals surface area (Å²) in [5.41, 5.74) is 2.89. The molecule has 3 heterocycles. The number of rotatable bonds is 10. The van der Waals surface area contributed by atoms with Gasteiger partial charge in [0.1, 0.15) is 17.6 Å². The van der Waals surface area contributed by atoms with Crippen LogP contribution >= 0.6 is 11.8 Å². The lowest BCUT2D eigenvalue weighted by molar-refractivity contribution is -0.125. The smallest absolute Gasteiger partial charge is 0.259 e. The van der Waals surface area contributed by atoms with Crippen LogP contribution < -0.4 is 24.8 Å². The maximum atomic E-state index is 13.7. The summed E-state index contributed by atoms with van der Waals surface area (Å²) in [6.07, 6.45) is 0.857. The molecule has 0 saturated heterocycles. The van der Waals surface area contributed by atoms with E-state index in [0.29, 0.717) is 52.6 Å². The summed E-state index contributed by atoms with van der Waals surface area (Å²) >= 11 is 1.22. The molecule has 226 valence electrons. The number of methoxy groups -OCH3 is 1. The molecule has 11 nitrogen and oxygen atoms in total. The summed E-state index contributed by atoms with van der Waals surface area (Å²) in [5.74, 6) is 1.77. The molecule has 0 aliphatic carbocycles. The Morgan fingerprint density at radius 1 is 1.09 bits per heavy atom. The van der Waals surface area contributed by atoms with Gasteiger partial charge in [-0.25, -0.2) is 9.89 Å². The summed E-state index contributed by atoms with van der Waals surface area (Å²) in [5, 5.41) is 5.70. The summed E-state index contributed by atoms with van der Waals surface area (Å²) in [6.45, 7) is 2.42. The Labute approximate surface area is 258 Å². The van der Waals surface area contributed by atoms with Crippen molar-refractivity contribution in [2.75, 3.05) is 19.2 Å². The van der Waals surface area contributed by atoms with E-state index in [2.05, 4.69) is 10.6 Å². The molecule has 2 N–H and O–H groups in total. The Hall–Kier alpha value is -4.84. The first kappa shape index (κ1) is 29.2. The topological polar surface area (TPSA) is 131 Å². The van der Waals surface area contributed by atoms with Crippen LogP contribution in [0.2, 0.25) is 0 Å². The number of nitrogens with one attached hydrogen (secondary N) is 2. The van der Waals surface area contributed by atoms with Crippen molar-refractivity contribution >= 4 is 51.9 Å². The number of anilines is 1. The Morgan fingerprint density at radius 2 is 1.93 bits per heavy atom. The Kier molecular flexibility index (Phi) is 8.51. The average Bonchev–Trinajstić information content (AvgIpc) is 3.65. The van der Waals surface area contributed by atoms with Crippen LogP contribution in [0.3, 0.4) is 0 Å². The van der Waals surface area contributed by atoms with E-state index in [1.165, 1.54) is 16.7 Å². The van der Waals surface area contributed by atoms with Crippen LogP contribution in [0, 0.1) is 0 Å². The highest BCUT2D eigenvalue weighted by molar-refractivity contribution is 8.15. The van der Waals surface area contributed by atoms with Crippen molar-refractivity contribution in [3.8, 4) is 17.2 Å². The quantitative estimate of drug-likeness (QED) is 0.341. The fourth-order valence-corrected chi connectivity index (χ4v) is 6.07. The Bertz CT molecular complexity index is 1670. The summed E-state index contributed by atoms with van der Waals surface area (Å²) in [7, 11) is 1.57. The number of amides is 3. The van der Waals surface area contributed by atoms with Crippen LogP contribution in [-0.4, -0.2) is 58.8 Å². The molecule has 3 aliphatic rings. The van der Waals surface area contributed by atoms with Crippen molar-refractivity contribution in [2.24, 2.45) is 9.98 Å². The van der Waals surface area contributed by atoms with Gasteiger partial charge in [0, 0.05) is 30.3 Å². The first-order valence-electron chi connectivity index (χ1n) is 14.3. The first-order valence-corrected chi connectivity index (χ1v) is 15.2. The van der Waals surface area contributed by atoms with Crippen LogP contribution in [0.1, 0.15) is 37.3 Å². The summed E-state index contributed by atoms with van der Waals surface area (Å²) in [4.78, 5) is 50.7. The predicted molar refractivity (Wildman–Crippen MR) is 168 cm³/mol. The zero-order valence-corrected chi connectivity index (χ0v) is 25.1. The maximum absolute atomic E-state index is 13.7. The molecule has 0 fully saturated rings. The molecular weight excluding hydrogens is 582 g/mol. The number of carbonyl (C=O) groups is 3. The zero-order chi connectivity index (χ0) is 30.6. The molecule has 3 aromatic carbocycles. The van der Waals surface area contributed by atoms with Crippen molar-refractivity contribution in [3.05, 3.63) is 77.9 Å². The molecule has 0 aromatic heterocycles. The van der Waals surface area contributed by atoms with Gasteiger partial charge in [-0.1, -0.05) is 43.0 Å². The lowest BCUT2D eigenvalue weighted by Gasteiger charge is -2.27. The number of carbonyl (C=O) groups excluding carboxylic acids is 3. The van der Waals surface area contributed by atoms with Gasteiger partial charge in [-0.15, -0.1) is 0 Å². The second kappa shape index (κ2) is 12.8. The third-order valence-corrected chi connectivity index (χ3v) is 8.68. The molecule has 0 bridgehead atoms. The van der Waals surface area contributed by atoms with Crippen molar-refractivity contribution in [2.45, 2.75) is 44.0 Å². The number of hydrogen-bond acceptors (Lipinski definition) is 9. The molecule has 2 atom stereocenters. The normalized spacial score (nSPS) is 16.8. The van der Waals surface area contributed by atoms with Gasteiger partial charge in [-0.05, 0) is 54.8 Å². The SMILES string of the molecule is CC[C@H](SC1=Nc2ccccc2C2=N[C@@H](CCC(=O)NCc3ccc4c(c3)OCO4)C(=O)N12)C(=O)Nc1cccc(OC)c1. The molecule has 44 heavy (non-hydrogen) atoms. The van der Waals surface area contributed by atoms with Gasteiger partial charge in [0.05, 0.1) is 18.0 Å². The first-order chi connectivity index (χ1) is 21.4. The maximum Gasteiger partial charge on any atom is 0.259 e. The van der Waals surface area contributed by atoms with Gasteiger partial charge in [0.25, 0.3) is 5.91 Å². The Morgan fingerprint density at radius 3 is 2.77 bits per heavy atom. The van der Waals surface area contributed by atoms with Crippen LogP contribution in [0.5, 0.6) is 17.2 Å². The third kappa shape index (κ3) is 6.11. The highest BCUT2D eigenvalue weighted by atomic mass is 32.2. The van der Waals surface area contributed by atoms with Gasteiger partial charge in [0.15, 0.2) is 16.7 Å².